The highest BCUT2D eigenvalue weighted by Crippen LogP contribution is 2.44. The molecule has 2 aromatic carbocycles. The number of rotatable bonds is 3. The van der Waals surface area contributed by atoms with E-state index in [0.29, 0.717) is 50.7 Å². The van der Waals surface area contributed by atoms with Gasteiger partial charge in [-0.05, 0) is 24.3 Å². The standard InChI is InChI=1S/C23H20O6/c1-11(2)16-8-14-15(28-16)6-5-12-22(24)21-13-7-18(25-3)19(26-4)9-17(13)27-10-20(21)29-23(12)14/h5-9,11H,10H2,1-4H3. The van der Waals surface area contributed by atoms with Crippen LogP contribution >= 0.6 is 0 Å². The van der Waals surface area contributed by atoms with E-state index in [9.17, 15) is 4.79 Å². The van der Waals surface area contributed by atoms with Crippen LogP contribution in [0.4, 0.5) is 0 Å². The first kappa shape index (κ1) is 17.7. The average molecular weight is 392 g/mol. The highest BCUT2D eigenvalue weighted by atomic mass is 16.5. The Hall–Kier alpha value is -3.41. The fourth-order valence-corrected chi connectivity index (χ4v) is 3.81. The van der Waals surface area contributed by atoms with E-state index >= 15 is 0 Å². The van der Waals surface area contributed by atoms with Crippen LogP contribution in [0, 0.1) is 0 Å². The van der Waals surface area contributed by atoms with Crippen molar-refractivity contribution in [3.05, 3.63) is 52.1 Å². The molecule has 0 amide bonds. The minimum Gasteiger partial charge on any atom is -0.493 e. The van der Waals surface area contributed by atoms with Gasteiger partial charge in [-0.25, -0.2) is 0 Å². The molecule has 0 fully saturated rings. The third kappa shape index (κ3) is 2.52. The quantitative estimate of drug-likeness (QED) is 0.475. The van der Waals surface area contributed by atoms with Gasteiger partial charge in [0, 0.05) is 17.5 Å². The molecule has 0 unspecified atom stereocenters. The number of hydrogen-bond acceptors (Lipinski definition) is 6. The fraction of sp³-hybridized carbons (Fsp3) is 0.261. The Labute approximate surface area is 166 Å². The molecule has 4 aromatic rings. The summed E-state index contributed by atoms with van der Waals surface area (Å²) in [7, 11) is 3.12. The van der Waals surface area contributed by atoms with Crippen LogP contribution in [0.25, 0.3) is 33.1 Å². The monoisotopic (exact) mass is 392 g/mol. The van der Waals surface area contributed by atoms with Gasteiger partial charge >= 0.3 is 0 Å². The van der Waals surface area contributed by atoms with Gasteiger partial charge in [0.05, 0.1) is 30.6 Å². The number of benzene rings is 2. The molecule has 29 heavy (non-hydrogen) atoms. The molecule has 148 valence electrons. The zero-order valence-corrected chi connectivity index (χ0v) is 16.6. The molecule has 0 bridgehead atoms. The van der Waals surface area contributed by atoms with Gasteiger partial charge in [-0.2, -0.15) is 0 Å². The Morgan fingerprint density at radius 2 is 1.72 bits per heavy atom. The van der Waals surface area contributed by atoms with Crippen molar-refractivity contribution in [2.75, 3.05) is 14.2 Å². The van der Waals surface area contributed by atoms with Crippen molar-refractivity contribution in [2.24, 2.45) is 0 Å². The number of methoxy groups -OCH3 is 2. The van der Waals surface area contributed by atoms with Crippen LogP contribution in [0.1, 0.15) is 31.3 Å². The topological polar surface area (TPSA) is 71.0 Å². The summed E-state index contributed by atoms with van der Waals surface area (Å²) in [6.45, 7) is 4.28. The lowest BCUT2D eigenvalue weighted by Crippen LogP contribution is -2.15. The Morgan fingerprint density at radius 1 is 0.966 bits per heavy atom. The summed E-state index contributed by atoms with van der Waals surface area (Å²) in [5.74, 6) is 3.20. The van der Waals surface area contributed by atoms with Crippen LogP contribution in [0.3, 0.4) is 0 Å². The van der Waals surface area contributed by atoms with E-state index in [4.69, 9.17) is 23.0 Å². The van der Waals surface area contributed by atoms with Crippen LogP contribution in [0.5, 0.6) is 17.2 Å². The Bertz CT molecular complexity index is 1330. The molecule has 0 aliphatic carbocycles. The van der Waals surface area contributed by atoms with E-state index in [0.717, 1.165) is 11.1 Å². The van der Waals surface area contributed by atoms with Crippen molar-refractivity contribution in [1.29, 1.82) is 0 Å². The van der Waals surface area contributed by atoms with Crippen LogP contribution in [-0.4, -0.2) is 14.2 Å². The second-order valence-electron chi connectivity index (χ2n) is 7.38. The van der Waals surface area contributed by atoms with Crippen molar-refractivity contribution >= 4 is 21.9 Å². The summed E-state index contributed by atoms with van der Waals surface area (Å²) in [5.41, 5.74) is 2.25. The number of fused-ring (bicyclic) bond motifs is 6. The molecule has 0 saturated carbocycles. The van der Waals surface area contributed by atoms with E-state index in [-0.39, 0.29) is 18.0 Å². The normalized spacial score (nSPS) is 12.7. The van der Waals surface area contributed by atoms with E-state index in [1.165, 1.54) is 0 Å². The Morgan fingerprint density at radius 3 is 2.45 bits per heavy atom. The minimum atomic E-state index is -0.104. The van der Waals surface area contributed by atoms with Crippen LogP contribution in [0.2, 0.25) is 0 Å². The van der Waals surface area contributed by atoms with Crippen molar-refractivity contribution in [2.45, 2.75) is 26.4 Å². The first-order valence-corrected chi connectivity index (χ1v) is 9.43. The van der Waals surface area contributed by atoms with Gasteiger partial charge in [-0.3, -0.25) is 4.79 Å². The molecule has 5 rings (SSSR count). The SMILES string of the molecule is COc1cc2c(cc1OC)-c1c(oc3c(ccc4oc(C(C)C)cc43)c1=O)CO2. The molecule has 1 aliphatic heterocycles. The van der Waals surface area contributed by atoms with E-state index < -0.39 is 0 Å². The second kappa shape index (κ2) is 6.30. The lowest BCUT2D eigenvalue weighted by molar-refractivity contribution is 0.264. The molecule has 0 N–H and O–H groups in total. The van der Waals surface area contributed by atoms with Crippen molar-refractivity contribution in [3.63, 3.8) is 0 Å². The van der Waals surface area contributed by atoms with Crippen molar-refractivity contribution < 1.29 is 23.0 Å². The highest BCUT2D eigenvalue weighted by molar-refractivity contribution is 6.03. The molecule has 3 heterocycles. The van der Waals surface area contributed by atoms with E-state index in [1.54, 1.807) is 32.4 Å². The van der Waals surface area contributed by atoms with Gasteiger partial charge in [0.2, 0.25) is 5.43 Å². The smallest absolute Gasteiger partial charge is 0.201 e. The summed E-state index contributed by atoms with van der Waals surface area (Å²) in [4.78, 5) is 13.5. The van der Waals surface area contributed by atoms with Gasteiger partial charge in [-0.1, -0.05) is 13.8 Å². The van der Waals surface area contributed by atoms with Gasteiger partial charge < -0.3 is 23.0 Å². The first-order chi connectivity index (χ1) is 14.0. The van der Waals surface area contributed by atoms with Crippen molar-refractivity contribution in [3.8, 4) is 28.4 Å². The maximum atomic E-state index is 13.5. The fourth-order valence-electron chi connectivity index (χ4n) is 3.81. The molecule has 6 heteroatoms. The third-order valence-electron chi connectivity index (χ3n) is 5.33. The van der Waals surface area contributed by atoms with Gasteiger partial charge in [0.1, 0.15) is 29.3 Å². The maximum absolute atomic E-state index is 13.5. The lowest BCUT2D eigenvalue weighted by Gasteiger charge is -2.21. The third-order valence-corrected chi connectivity index (χ3v) is 5.33. The summed E-state index contributed by atoms with van der Waals surface area (Å²) in [6, 6.07) is 9.01. The molecule has 6 nitrogen and oxygen atoms in total. The van der Waals surface area contributed by atoms with Gasteiger partial charge in [0.25, 0.3) is 0 Å². The lowest BCUT2D eigenvalue weighted by atomic mass is 9.98. The van der Waals surface area contributed by atoms with E-state index in [2.05, 4.69) is 13.8 Å². The Balaban J connectivity index is 1.81. The second-order valence-corrected chi connectivity index (χ2v) is 7.38. The van der Waals surface area contributed by atoms with E-state index in [1.807, 2.05) is 12.1 Å². The molecule has 0 radical (unpaired) electrons. The van der Waals surface area contributed by atoms with Crippen LogP contribution in [0.15, 0.2) is 44.0 Å². The largest absolute Gasteiger partial charge is 0.493 e. The summed E-state index contributed by atoms with van der Waals surface area (Å²) < 4.78 is 28.7. The summed E-state index contributed by atoms with van der Waals surface area (Å²) in [6.07, 6.45) is 0. The molecular formula is C23H20O6. The number of hydrogen-bond donors (Lipinski definition) is 0. The molecule has 2 aromatic heterocycles. The van der Waals surface area contributed by atoms with Gasteiger partial charge in [0.15, 0.2) is 17.3 Å². The average Bonchev–Trinajstić information content (AvgIpc) is 3.17. The molecule has 0 spiro atoms. The molecular weight excluding hydrogens is 372 g/mol. The molecule has 0 atom stereocenters. The van der Waals surface area contributed by atoms with Crippen LogP contribution in [-0.2, 0) is 6.61 Å². The first-order valence-electron chi connectivity index (χ1n) is 9.43. The zero-order valence-electron chi connectivity index (χ0n) is 16.6. The minimum absolute atomic E-state index is 0.104. The Kier molecular flexibility index (Phi) is 3.84. The summed E-state index contributed by atoms with van der Waals surface area (Å²) in [5, 5.41) is 1.30. The van der Waals surface area contributed by atoms with Crippen LogP contribution < -0.4 is 19.6 Å². The molecule has 1 aliphatic rings. The highest BCUT2D eigenvalue weighted by Gasteiger charge is 2.27. The van der Waals surface area contributed by atoms with Gasteiger partial charge in [-0.15, -0.1) is 0 Å². The predicted molar refractivity (Wildman–Crippen MR) is 109 cm³/mol. The zero-order chi connectivity index (χ0) is 20.3. The van der Waals surface area contributed by atoms with Crippen molar-refractivity contribution in [1.82, 2.24) is 0 Å². The maximum Gasteiger partial charge on any atom is 0.201 e. The predicted octanol–water partition coefficient (Wildman–Crippen LogP) is 5.24. The molecule has 0 saturated heterocycles. The summed E-state index contributed by atoms with van der Waals surface area (Å²) >= 11 is 0. The number of furan rings is 1. The number of ether oxygens (including phenoxy) is 3.